The van der Waals surface area contributed by atoms with Gasteiger partial charge >= 0.3 is 0 Å². The number of aliphatic imine (C=N–C) groups is 1. The lowest BCUT2D eigenvalue weighted by Gasteiger charge is -2.06. The molecule has 1 aliphatic carbocycles. The summed E-state index contributed by atoms with van der Waals surface area (Å²) in [5.41, 5.74) is 0. The second kappa shape index (κ2) is 6.13. The van der Waals surface area contributed by atoms with Crippen LogP contribution in [0.2, 0.25) is 0 Å². The number of thioether (sulfide) groups is 1. The highest BCUT2D eigenvalue weighted by Crippen LogP contribution is 2.24. The Balaban J connectivity index is 1.46. The molecular weight excluding hydrogens is 278 g/mol. The van der Waals surface area contributed by atoms with Gasteiger partial charge in [0.05, 0.1) is 12.6 Å². The van der Waals surface area contributed by atoms with E-state index >= 15 is 0 Å². The first-order chi connectivity index (χ1) is 9.70. The van der Waals surface area contributed by atoms with E-state index < -0.39 is 0 Å². The van der Waals surface area contributed by atoms with Crippen LogP contribution in [-0.4, -0.2) is 47.5 Å². The zero-order chi connectivity index (χ0) is 13.9. The summed E-state index contributed by atoms with van der Waals surface area (Å²) in [6.07, 6.45) is 4.64. The first kappa shape index (κ1) is 13.9. The zero-order valence-corrected chi connectivity index (χ0v) is 12.1. The van der Waals surface area contributed by atoms with Crippen molar-refractivity contribution in [3.05, 3.63) is 0 Å². The molecule has 0 radical (unpaired) electrons. The van der Waals surface area contributed by atoms with E-state index in [1.54, 1.807) is 0 Å². The lowest BCUT2D eigenvalue weighted by molar-refractivity contribution is -0.125. The van der Waals surface area contributed by atoms with Crippen LogP contribution in [0.5, 0.6) is 0 Å². The first-order valence-corrected chi connectivity index (χ1v) is 8.01. The van der Waals surface area contributed by atoms with E-state index in [1.807, 2.05) is 0 Å². The second-order valence-corrected chi connectivity index (χ2v) is 6.61. The molecule has 6 nitrogen and oxygen atoms in total. The number of hydrogen-bond donors (Lipinski definition) is 2. The van der Waals surface area contributed by atoms with Crippen LogP contribution >= 0.6 is 11.8 Å². The number of amidine groups is 1. The van der Waals surface area contributed by atoms with Crippen molar-refractivity contribution >= 4 is 28.7 Å². The zero-order valence-electron chi connectivity index (χ0n) is 11.3. The topological polar surface area (TPSA) is 79.8 Å². The summed E-state index contributed by atoms with van der Waals surface area (Å²) in [4.78, 5) is 27.9. The highest BCUT2D eigenvalue weighted by Gasteiger charge is 2.33. The fourth-order valence-electron chi connectivity index (χ4n) is 2.27. The van der Waals surface area contributed by atoms with Gasteiger partial charge in [0, 0.05) is 19.1 Å². The van der Waals surface area contributed by atoms with E-state index in [-0.39, 0.29) is 29.6 Å². The van der Waals surface area contributed by atoms with Gasteiger partial charge < -0.3 is 15.4 Å². The van der Waals surface area contributed by atoms with E-state index in [1.165, 1.54) is 11.8 Å². The Morgan fingerprint density at radius 3 is 3.00 bits per heavy atom. The third-order valence-electron chi connectivity index (χ3n) is 3.55. The molecule has 1 saturated carbocycles. The Kier molecular flexibility index (Phi) is 4.26. The Labute approximate surface area is 122 Å². The number of amides is 2. The summed E-state index contributed by atoms with van der Waals surface area (Å²) in [7, 11) is 0. The van der Waals surface area contributed by atoms with Crippen LogP contribution in [-0.2, 0) is 14.3 Å². The van der Waals surface area contributed by atoms with Crippen molar-refractivity contribution in [2.75, 3.05) is 13.2 Å². The summed E-state index contributed by atoms with van der Waals surface area (Å²) in [5, 5.41) is 5.91. The quantitative estimate of drug-likeness (QED) is 0.771. The van der Waals surface area contributed by atoms with Gasteiger partial charge in [-0.05, 0) is 25.7 Å². The third-order valence-corrected chi connectivity index (χ3v) is 4.67. The van der Waals surface area contributed by atoms with Crippen molar-refractivity contribution in [1.82, 2.24) is 10.6 Å². The second-order valence-electron chi connectivity index (χ2n) is 5.42. The lowest BCUT2D eigenvalue weighted by atomic mass is 10.2. The molecule has 0 aromatic rings. The largest absolute Gasteiger partial charge is 0.376 e. The van der Waals surface area contributed by atoms with E-state index in [0.29, 0.717) is 17.8 Å². The van der Waals surface area contributed by atoms with Crippen molar-refractivity contribution in [1.29, 1.82) is 0 Å². The summed E-state index contributed by atoms with van der Waals surface area (Å²) < 4.78 is 5.49. The number of carbonyl (C=O) groups is 2. The number of hydrogen-bond acceptors (Lipinski definition) is 5. The standard InChI is InChI=1S/C13H19N3O3S/c17-11(15-8-3-4-8)6-10-12(18)16-13(20-10)14-7-9-2-1-5-19-9/h8-10H,1-7H2,(H,15,17)(H,14,16,18). The van der Waals surface area contributed by atoms with Crippen molar-refractivity contribution in [2.24, 2.45) is 4.99 Å². The molecule has 0 aromatic carbocycles. The van der Waals surface area contributed by atoms with Crippen LogP contribution in [0.4, 0.5) is 0 Å². The number of ether oxygens (including phenoxy) is 1. The Morgan fingerprint density at radius 1 is 1.45 bits per heavy atom. The van der Waals surface area contributed by atoms with E-state index in [4.69, 9.17) is 4.74 Å². The molecule has 2 unspecified atom stereocenters. The maximum Gasteiger partial charge on any atom is 0.240 e. The number of carbonyl (C=O) groups excluding carboxylic acids is 2. The van der Waals surface area contributed by atoms with E-state index in [0.717, 1.165) is 32.3 Å². The Bertz CT molecular complexity index is 431. The minimum Gasteiger partial charge on any atom is -0.376 e. The van der Waals surface area contributed by atoms with Gasteiger partial charge in [-0.25, -0.2) is 0 Å². The maximum atomic E-state index is 11.8. The Hall–Kier alpha value is -1.08. The first-order valence-electron chi connectivity index (χ1n) is 7.13. The monoisotopic (exact) mass is 297 g/mol. The van der Waals surface area contributed by atoms with Crippen LogP contribution in [0.3, 0.4) is 0 Å². The number of rotatable bonds is 5. The summed E-state index contributed by atoms with van der Waals surface area (Å²) in [6, 6.07) is 0.338. The minimum absolute atomic E-state index is 0.0412. The van der Waals surface area contributed by atoms with Crippen LogP contribution in [0.1, 0.15) is 32.1 Å². The fourth-order valence-corrected chi connectivity index (χ4v) is 3.25. The predicted octanol–water partition coefficient (Wildman–Crippen LogP) is 0.422. The molecule has 3 fully saturated rings. The minimum atomic E-state index is -0.350. The predicted molar refractivity (Wildman–Crippen MR) is 76.6 cm³/mol. The average Bonchev–Trinajstić information content (AvgIpc) is 2.94. The van der Waals surface area contributed by atoms with Gasteiger partial charge in [-0.3, -0.25) is 14.6 Å². The highest BCUT2D eigenvalue weighted by molar-refractivity contribution is 8.15. The van der Waals surface area contributed by atoms with Gasteiger partial charge in [0.25, 0.3) is 0 Å². The molecule has 2 amide bonds. The molecule has 3 rings (SSSR count). The van der Waals surface area contributed by atoms with Crippen LogP contribution in [0.15, 0.2) is 4.99 Å². The molecule has 3 aliphatic rings. The van der Waals surface area contributed by atoms with Crippen LogP contribution in [0.25, 0.3) is 0 Å². The molecule has 20 heavy (non-hydrogen) atoms. The average molecular weight is 297 g/mol. The van der Waals surface area contributed by atoms with Gasteiger partial charge in [-0.2, -0.15) is 0 Å². The van der Waals surface area contributed by atoms with E-state index in [2.05, 4.69) is 15.6 Å². The maximum absolute atomic E-state index is 11.8. The van der Waals surface area contributed by atoms with Gasteiger partial charge in [0.15, 0.2) is 5.17 Å². The van der Waals surface area contributed by atoms with Crippen molar-refractivity contribution in [3.63, 3.8) is 0 Å². The van der Waals surface area contributed by atoms with E-state index in [9.17, 15) is 9.59 Å². The van der Waals surface area contributed by atoms with Crippen molar-refractivity contribution in [2.45, 2.75) is 49.5 Å². The van der Waals surface area contributed by atoms with Crippen molar-refractivity contribution in [3.8, 4) is 0 Å². The molecule has 2 aliphatic heterocycles. The van der Waals surface area contributed by atoms with Gasteiger partial charge in [0.1, 0.15) is 5.25 Å². The van der Waals surface area contributed by atoms with Crippen LogP contribution in [0, 0.1) is 0 Å². The van der Waals surface area contributed by atoms with Gasteiger partial charge in [0.2, 0.25) is 11.8 Å². The molecular formula is C13H19N3O3S. The molecule has 0 bridgehead atoms. The summed E-state index contributed by atoms with van der Waals surface area (Å²) >= 11 is 1.35. The molecule has 2 atom stereocenters. The molecule has 0 spiro atoms. The van der Waals surface area contributed by atoms with Crippen LogP contribution < -0.4 is 10.6 Å². The molecule has 0 aromatic heterocycles. The van der Waals surface area contributed by atoms with Gasteiger partial charge in [-0.15, -0.1) is 0 Å². The highest BCUT2D eigenvalue weighted by atomic mass is 32.2. The molecule has 2 N–H and O–H groups in total. The smallest absolute Gasteiger partial charge is 0.240 e. The summed E-state index contributed by atoms with van der Waals surface area (Å²) in [6.45, 7) is 1.39. The summed E-state index contributed by atoms with van der Waals surface area (Å²) in [5.74, 6) is -0.160. The molecule has 2 heterocycles. The molecule has 110 valence electrons. The molecule has 7 heteroatoms. The fraction of sp³-hybridized carbons (Fsp3) is 0.769. The molecule has 2 saturated heterocycles. The third kappa shape index (κ3) is 3.73. The normalized spacial score (nSPS) is 31.6. The number of nitrogens with zero attached hydrogens (tertiary/aromatic N) is 1. The SMILES string of the molecule is O=C(CC1SC(=NCC2CCCO2)NC1=O)NC1CC1. The Morgan fingerprint density at radius 2 is 2.30 bits per heavy atom. The van der Waals surface area contributed by atoms with Gasteiger partial charge in [-0.1, -0.05) is 11.8 Å². The lowest BCUT2D eigenvalue weighted by Crippen LogP contribution is -2.32. The number of nitrogens with one attached hydrogen (secondary N) is 2. The van der Waals surface area contributed by atoms with Crippen molar-refractivity contribution < 1.29 is 14.3 Å².